The maximum atomic E-state index is 5.13. The minimum atomic E-state index is 0.125. The maximum Gasteiger partial charge on any atom is 0.112 e. The van der Waals surface area contributed by atoms with Gasteiger partial charge >= 0.3 is 0 Å². The van der Waals surface area contributed by atoms with Crippen LogP contribution in [-0.2, 0) is 10.8 Å². The van der Waals surface area contributed by atoms with Crippen molar-refractivity contribution < 1.29 is 0 Å². The van der Waals surface area contributed by atoms with Crippen LogP contribution in [0.15, 0.2) is 0 Å². The van der Waals surface area contributed by atoms with Crippen molar-refractivity contribution in [1.82, 2.24) is 9.97 Å². The summed E-state index contributed by atoms with van der Waals surface area (Å²) in [5.74, 6) is 1.74. The van der Waals surface area contributed by atoms with E-state index in [1.165, 1.54) is 49.3 Å². The first-order valence-corrected chi connectivity index (χ1v) is 9.30. The van der Waals surface area contributed by atoms with Crippen molar-refractivity contribution in [1.29, 1.82) is 0 Å². The zero-order valence-electron chi connectivity index (χ0n) is 16.3. The summed E-state index contributed by atoms with van der Waals surface area (Å²) in [5, 5.41) is 0. The summed E-state index contributed by atoms with van der Waals surface area (Å²) in [7, 11) is 0. The first kappa shape index (κ1) is 19.3. The van der Waals surface area contributed by atoms with E-state index in [-0.39, 0.29) is 10.8 Å². The molecule has 1 rings (SSSR count). The third-order valence-electron chi connectivity index (χ3n) is 5.27. The largest absolute Gasteiger partial charge is 0.345 e. The molecule has 0 bridgehead atoms. The molecule has 1 unspecified atom stereocenters. The van der Waals surface area contributed by atoms with Crippen LogP contribution in [0.25, 0.3) is 0 Å². The van der Waals surface area contributed by atoms with Gasteiger partial charge in [0, 0.05) is 16.5 Å². The number of nitrogens with one attached hydrogen (secondary N) is 1. The van der Waals surface area contributed by atoms with E-state index in [2.05, 4.69) is 60.4 Å². The smallest absolute Gasteiger partial charge is 0.112 e. The van der Waals surface area contributed by atoms with Gasteiger partial charge in [-0.25, -0.2) is 4.98 Å². The summed E-state index contributed by atoms with van der Waals surface area (Å²) < 4.78 is 0. The molecule has 0 saturated carbocycles. The van der Waals surface area contributed by atoms with Crippen LogP contribution in [0, 0.1) is 0 Å². The Labute approximate surface area is 138 Å². The SMILES string of the molecule is CCCCC(C)(C)c1nc(C(C)(C)CC)[nH]c1C(C)CCC. The van der Waals surface area contributed by atoms with Gasteiger partial charge in [0.1, 0.15) is 5.82 Å². The normalized spacial score (nSPS) is 14.4. The average molecular weight is 307 g/mol. The van der Waals surface area contributed by atoms with Gasteiger partial charge in [-0.3, -0.25) is 0 Å². The van der Waals surface area contributed by atoms with E-state index in [9.17, 15) is 0 Å². The summed E-state index contributed by atoms with van der Waals surface area (Å²) in [4.78, 5) is 8.85. The molecule has 0 radical (unpaired) electrons. The Kier molecular flexibility index (Phi) is 6.70. The number of aromatic nitrogens is 2. The van der Waals surface area contributed by atoms with Gasteiger partial charge in [-0.2, -0.15) is 0 Å². The van der Waals surface area contributed by atoms with Gasteiger partial charge in [0.2, 0.25) is 0 Å². The molecule has 1 N–H and O–H groups in total. The lowest BCUT2D eigenvalue weighted by atomic mass is 9.80. The van der Waals surface area contributed by atoms with Crippen LogP contribution >= 0.6 is 0 Å². The summed E-state index contributed by atoms with van der Waals surface area (Å²) >= 11 is 0. The van der Waals surface area contributed by atoms with Gasteiger partial charge in [-0.15, -0.1) is 0 Å². The molecule has 0 spiro atoms. The summed E-state index contributed by atoms with van der Waals surface area (Å²) in [6.45, 7) is 18.5. The van der Waals surface area contributed by atoms with Gasteiger partial charge in [0.05, 0.1) is 5.69 Å². The quantitative estimate of drug-likeness (QED) is 0.556. The van der Waals surface area contributed by atoms with Gasteiger partial charge in [0.15, 0.2) is 0 Å². The van der Waals surface area contributed by atoms with Crippen LogP contribution in [0.1, 0.15) is 117 Å². The third-order valence-corrected chi connectivity index (χ3v) is 5.27. The molecule has 0 aliphatic rings. The molecule has 1 aromatic rings. The first-order valence-electron chi connectivity index (χ1n) is 9.30. The number of H-pyrrole nitrogens is 1. The molecule has 1 aromatic heterocycles. The highest BCUT2D eigenvalue weighted by molar-refractivity contribution is 5.28. The lowest BCUT2D eigenvalue weighted by Gasteiger charge is -2.25. The Balaban J connectivity index is 3.28. The molecular formula is C20H38N2. The van der Waals surface area contributed by atoms with E-state index in [0.29, 0.717) is 5.92 Å². The Morgan fingerprint density at radius 3 is 2.14 bits per heavy atom. The van der Waals surface area contributed by atoms with Crippen LogP contribution < -0.4 is 0 Å². The van der Waals surface area contributed by atoms with Crippen LogP contribution in [-0.4, -0.2) is 9.97 Å². The molecule has 1 atom stereocenters. The number of unbranched alkanes of at least 4 members (excludes halogenated alkanes) is 1. The van der Waals surface area contributed by atoms with Crippen molar-refractivity contribution in [3.8, 4) is 0 Å². The fraction of sp³-hybridized carbons (Fsp3) is 0.850. The summed E-state index contributed by atoms with van der Waals surface area (Å²) in [6.07, 6.45) is 7.30. The predicted octanol–water partition coefficient (Wildman–Crippen LogP) is 6.47. The topological polar surface area (TPSA) is 28.7 Å². The zero-order chi connectivity index (χ0) is 17.0. The molecule has 0 aromatic carbocycles. The van der Waals surface area contributed by atoms with E-state index in [1.54, 1.807) is 0 Å². The molecule has 2 heteroatoms. The van der Waals surface area contributed by atoms with Gasteiger partial charge in [-0.05, 0) is 25.2 Å². The number of hydrogen-bond acceptors (Lipinski definition) is 1. The predicted molar refractivity (Wildman–Crippen MR) is 97.8 cm³/mol. The summed E-state index contributed by atoms with van der Waals surface area (Å²) in [6, 6.07) is 0. The summed E-state index contributed by atoms with van der Waals surface area (Å²) in [5.41, 5.74) is 2.99. The molecular weight excluding hydrogens is 268 g/mol. The molecule has 0 aliphatic heterocycles. The molecule has 0 fully saturated rings. The number of imidazole rings is 1. The Morgan fingerprint density at radius 2 is 1.64 bits per heavy atom. The first-order chi connectivity index (χ1) is 10.2. The molecule has 0 saturated heterocycles. The number of aromatic amines is 1. The van der Waals surface area contributed by atoms with Crippen molar-refractivity contribution in [2.75, 3.05) is 0 Å². The van der Waals surface area contributed by atoms with Gasteiger partial charge in [0.25, 0.3) is 0 Å². The Hall–Kier alpha value is -0.790. The third kappa shape index (κ3) is 4.36. The fourth-order valence-electron chi connectivity index (χ4n) is 3.06. The van der Waals surface area contributed by atoms with Crippen LogP contribution in [0.3, 0.4) is 0 Å². The van der Waals surface area contributed by atoms with Gasteiger partial charge < -0.3 is 4.98 Å². The van der Waals surface area contributed by atoms with E-state index < -0.39 is 0 Å². The average Bonchev–Trinajstić information content (AvgIpc) is 2.92. The number of nitrogens with zero attached hydrogens (tertiary/aromatic N) is 1. The molecule has 0 amide bonds. The fourth-order valence-corrected chi connectivity index (χ4v) is 3.06. The minimum Gasteiger partial charge on any atom is -0.345 e. The van der Waals surface area contributed by atoms with Gasteiger partial charge in [-0.1, -0.05) is 74.7 Å². The van der Waals surface area contributed by atoms with Crippen molar-refractivity contribution in [2.45, 2.75) is 111 Å². The van der Waals surface area contributed by atoms with Crippen LogP contribution in [0.4, 0.5) is 0 Å². The molecule has 128 valence electrons. The second kappa shape index (κ2) is 7.66. The maximum absolute atomic E-state index is 5.13. The molecule has 22 heavy (non-hydrogen) atoms. The van der Waals surface area contributed by atoms with E-state index in [1.807, 2.05) is 0 Å². The lowest BCUT2D eigenvalue weighted by molar-refractivity contribution is 0.433. The van der Waals surface area contributed by atoms with Crippen LogP contribution in [0.2, 0.25) is 0 Å². The van der Waals surface area contributed by atoms with Crippen molar-refractivity contribution in [3.05, 3.63) is 17.2 Å². The zero-order valence-corrected chi connectivity index (χ0v) is 16.3. The molecule has 0 aliphatic carbocycles. The second-order valence-corrected chi connectivity index (χ2v) is 8.26. The minimum absolute atomic E-state index is 0.125. The standard InChI is InChI=1S/C20H38N2/c1-9-12-14-20(7,8)17-16(15(4)13-10-2)21-18(22-17)19(5,6)11-3/h15H,9-14H2,1-8H3,(H,21,22). The Morgan fingerprint density at radius 1 is 1.00 bits per heavy atom. The number of hydrogen-bond donors (Lipinski definition) is 1. The van der Waals surface area contributed by atoms with Crippen LogP contribution in [0.5, 0.6) is 0 Å². The van der Waals surface area contributed by atoms with Crippen molar-refractivity contribution in [3.63, 3.8) is 0 Å². The van der Waals surface area contributed by atoms with E-state index in [0.717, 1.165) is 6.42 Å². The van der Waals surface area contributed by atoms with Crippen molar-refractivity contribution in [2.24, 2.45) is 0 Å². The van der Waals surface area contributed by atoms with E-state index in [4.69, 9.17) is 4.98 Å². The highest BCUT2D eigenvalue weighted by Crippen LogP contribution is 2.37. The monoisotopic (exact) mass is 306 g/mol. The van der Waals surface area contributed by atoms with E-state index >= 15 is 0 Å². The van der Waals surface area contributed by atoms with Crippen molar-refractivity contribution >= 4 is 0 Å². The second-order valence-electron chi connectivity index (χ2n) is 8.26. The number of rotatable bonds is 9. The molecule has 2 nitrogen and oxygen atoms in total. The Bertz CT molecular complexity index is 454. The lowest BCUT2D eigenvalue weighted by Crippen LogP contribution is -2.21. The molecule has 1 heterocycles. The highest BCUT2D eigenvalue weighted by atomic mass is 15.0. The highest BCUT2D eigenvalue weighted by Gasteiger charge is 2.32.